The third kappa shape index (κ3) is 51.2. The minimum atomic E-state index is -1.13. The molecule has 4 N–H and O–H groups in total. The zero-order chi connectivity index (χ0) is 47.9. The Morgan fingerprint density at radius 3 is 0.727 bits per heavy atom. The number of aliphatic hydroxyl groups excluding tert-OH is 3. The number of unbranched alkanes of at least 4 members (excludes halogenated alkanes) is 50. The summed E-state index contributed by atoms with van der Waals surface area (Å²) < 4.78 is 0. The van der Waals surface area contributed by atoms with Crippen LogP contribution in [0.3, 0.4) is 0 Å². The maximum atomic E-state index is 12.5. The molecule has 0 bridgehead atoms. The first kappa shape index (κ1) is 65.3. The highest BCUT2D eigenvalue weighted by Crippen LogP contribution is 2.19. The van der Waals surface area contributed by atoms with Gasteiger partial charge in [-0.05, 0) is 12.8 Å². The number of hydrogen-bond donors (Lipinski definition) is 4. The van der Waals surface area contributed by atoms with E-state index < -0.39 is 18.2 Å². The Balaban J connectivity index is 3.45. The van der Waals surface area contributed by atoms with E-state index in [1.165, 1.54) is 302 Å². The van der Waals surface area contributed by atoms with Crippen molar-refractivity contribution in [1.82, 2.24) is 5.32 Å². The Morgan fingerprint density at radius 1 is 0.318 bits per heavy atom. The topological polar surface area (TPSA) is 89.8 Å². The lowest BCUT2D eigenvalue weighted by atomic mass is 9.99. The molecule has 0 aliphatic heterocycles. The van der Waals surface area contributed by atoms with Gasteiger partial charge in [-0.25, -0.2) is 0 Å². The van der Waals surface area contributed by atoms with Crippen molar-refractivity contribution in [3.05, 3.63) is 0 Å². The molecule has 0 radical (unpaired) electrons. The second-order valence-corrected chi connectivity index (χ2v) is 21.6. The molecule has 0 rings (SSSR count). The van der Waals surface area contributed by atoms with Gasteiger partial charge >= 0.3 is 0 Å². The third-order valence-corrected chi connectivity index (χ3v) is 15.0. The van der Waals surface area contributed by atoms with Gasteiger partial charge in [0.25, 0.3) is 0 Å². The summed E-state index contributed by atoms with van der Waals surface area (Å²) in [5, 5.41) is 33.9. The van der Waals surface area contributed by atoms with Gasteiger partial charge < -0.3 is 20.6 Å². The molecular weight excluding hydrogens is 811 g/mol. The molecule has 0 saturated carbocycles. The number of carbonyl (C=O) groups is 1. The predicted molar refractivity (Wildman–Crippen MR) is 292 cm³/mol. The number of amides is 1. The number of aliphatic hydroxyl groups is 3. The van der Waals surface area contributed by atoms with Crippen LogP contribution >= 0.6 is 0 Å². The van der Waals surface area contributed by atoms with Crippen LogP contribution in [0.2, 0.25) is 0 Å². The summed E-state index contributed by atoms with van der Waals surface area (Å²) in [6, 6.07) is -0.805. The van der Waals surface area contributed by atoms with Crippen LogP contribution in [0.4, 0.5) is 0 Å². The minimum absolute atomic E-state index is 0.134. The molecule has 0 aliphatic carbocycles. The number of hydrogen-bond acceptors (Lipinski definition) is 4. The van der Waals surface area contributed by atoms with E-state index in [9.17, 15) is 20.1 Å². The van der Waals surface area contributed by atoms with Gasteiger partial charge in [-0.2, -0.15) is 0 Å². The summed E-state index contributed by atoms with van der Waals surface area (Å²) in [4.78, 5) is 12.5. The van der Waals surface area contributed by atoms with Crippen molar-refractivity contribution in [2.45, 2.75) is 379 Å². The fourth-order valence-corrected chi connectivity index (χ4v) is 10.2. The zero-order valence-corrected chi connectivity index (χ0v) is 45.4. The van der Waals surface area contributed by atoms with Crippen molar-refractivity contribution < 1.29 is 20.1 Å². The summed E-state index contributed by atoms with van der Waals surface area (Å²) in [6.45, 7) is 4.23. The first-order valence-electron chi connectivity index (χ1n) is 30.8. The SMILES string of the molecule is CCCCCCCCCCCCCCCCCCCCCCCCCCCCCCCCCC(=O)NC(CO)C(O)C(O)CCCCCCCCCCCCCCCCCCCCCCC. The molecule has 0 heterocycles. The fourth-order valence-electron chi connectivity index (χ4n) is 10.2. The monoisotopic (exact) mass is 934 g/mol. The second-order valence-electron chi connectivity index (χ2n) is 21.6. The molecule has 3 atom stereocenters. The molecule has 0 saturated heterocycles. The summed E-state index contributed by atoms with van der Waals surface area (Å²) >= 11 is 0. The molecule has 0 aliphatic rings. The number of nitrogens with one attached hydrogen (secondary N) is 1. The molecule has 0 spiro atoms. The number of carbonyl (C=O) groups excluding carboxylic acids is 1. The van der Waals surface area contributed by atoms with E-state index in [0.717, 1.165) is 32.1 Å². The average Bonchev–Trinajstić information content (AvgIpc) is 3.32. The Bertz CT molecular complexity index is 898. The van der Waals surface area contributed by atoms with Crippen LogP contribution < -0.4 is 5.32 Å². The molecule has 0 aromatic rings. The van der Waals surface area contributed by atoms with E-state index in [2.05, 4.69) is 19.2 Å². The molecule has 66 heavy (non-hydrogen) atoms. The highest BCUT2D eigenvalue weighted by molar-refractivity contribution is 5.76. The van der Waals surface area contributed by atoms with Crippen LogP contribution in [0, 0.1) is 0 Å². The van der Waals surface area contributed by atoms with E-state index in [-0.39, 0.29) is 12.5 Å². The minimum Gasteiger partial charge on any atom is -0.394 e. The smallest absolute Gasteiger partial charge is 0.220 e. The van der Waals surface area contributed by atoms with E-state index in [1.54, 1.807) is 0 Å². The van der Waals surface area contributed by atoms with Crippen LogP contribution in [0.5, 0.6) is 0 Å². The van der Waals surface area contributed by atoms with Crippen LogP contribution in [0.15, 0.2) is 0 Å². The summed E-state index contributed by atoms with van der Waals surface area (Å²) in [6.07, 6.45) is 70.0. The van der Waals surface area contributed by atoms with Crippen LogP contribution in [0.25, 0.3) is 0 Å². The van der Waals surface area contributed by atoms with E-state index >= 15 is 0 Å². The average molecular weight is 935 g/mol. The van der Waals surface area contributed by atoms with Gasteiger partial charge in [0.1, 0.15) is 6.10 Å². The van der Waals surface area contributed by atoms with Gasteiger partial charge in [-0.3, -0.25) is 4.79 Å². The molecule has 5 nitrogen and oxygen atoms in total. The van der Waals surface area contributed by atoms with Gasteiger partial charge in [0, 0.05) is 6.42 Å². The fraction of sp³-hybridized carbons (Fsp3) is 0.984. The Hall–Kier alpha value is -0.650. The van der Waals surface area contributed by atoms with Crippen molar-refractivity contribution in [1.29, 1.82) is 0 Å². The van der Waals surface area contributed by atoms with Gasteiger partial charge in [0.2, 0.25) is 5.91 Å². The van der Waals surface area contributed by atoms with Crippen molar-refractivity contribution >= 4 is 5.91 Å². The molecule has 3 unspecified atom stereocenters. The number of rotatable bonds is 58. The normalized spacial score (nSPS) is 13.1. The summed E-state index contributed by atoms with van der Waals surface area (Å²) in [5.74, 6) is -0.134. The lowest BCUT2D eigenvalue weighted by Crippen LogP contribution is -2.50. The molecule has 5 heteroatoms. The predicted octanol–water partition coefficient (Wildman–Crippen LogP) is 19.3. The maximum Gasteiger partial charge on any atom is 0.220 e. The Morgan fingerprint density at radius 2 is 0.515 bits per heavy atom. The first-order valence-corrected chi connectivity index (χ1v) is 30.8. The maximum absolute atomic E-state index is 12.5. The van der Waals surface area contributed by atoms with Crippen molar-refractivity contribution in [2.75, 3.05) is 6.61 Å². The summed E-state index contributed by atoms with van der Waals surface area (Å²) in [7, 11) is 0. The van der Waals surface area contributed by atoms with Gasteiger partial charge in [0.15, 0.2) is 0 Å². The molecule has 396 valence electrons. The van der Waals surface area contributed by atoms with E-state index in [4.69, 9.17) is 0 Å². The summed E-state index contributed by atoms with van der Waals surface area (Å²) in [5.41, 5.74) is 0. The van der Waals surface area contributed by atoms with Gasteiger partial charge in [-0.1, -0.05) is 341 Å². The van der Waals surface area contributed by atoms with Crippen molar-refractivity contribution in [3.63, 3.8) is 0 Å². The Labute approximate surface area is 415 Å². The van der Waals surface area contributed by atoms with E-state index in [0.29, 0.717) is 12.8 Å². The quantitative estimate of drug-likeness (QED) is 0.0458. The molecule has 0 fully saturated rings. The standard InChI is InChI=1S/C61H123NO4/c1-3-5-7-9-11-13-15-17-19-21-23-25-26-27-28-29-30-31-32-33-34-36-38-40-42-44-46-48-50-52-54-56-60(65)62-58(57-63)61(66)59(64)55-53-51-49-47-45-43-41-39-37-35-24-22-20-18-16-14-12-10-8-6-4-2/h58-59,61,63-64,66H,3-57H2,1-2H3,(H,62,65). The molecule has 1 amide bonds. The van der Waals surface area contributed by atoms with Crippen molar-refractivity contribution in [3.8, 4) is 0 Å². The van der Waals surface area contributed by atoms with Crippen LogP contribution in [-0.4, -0.2) is 46.1 Å². The third-order valence-electron chi connectivity index (χ3n) is 15.0. The van der Waals surface area contributed by atoms with E-state index in [1.807, 2.05) is 0 Å². The lowest BCUT2D eigenvalue weighted by Gasteiger charge is -2.26. The largest absolute Gasteiger partial charge is 0.394 e. The van der Waals surface area contributed by atoms with Crippen molar-refractivity contribution in [2.24, 2.45) is 0 Å². The molecule has 0 aromatic heterocycles. The van der Waals surface area contributed by atoms with Crippen LogP contribution in [-0.2, 0) is 4.79 Å². The molecular formula is C61H123NO4. The zero-order valence-electron chi connectivity index (χ0n) is 45.4. The van der Waals surface area contributed by atoms with Gasteiger partial charge in [-0.15, -0.1) is 0 Å². The first-order chi connectivity index (χ1) is 32.6. The highest BCUT2D eigenvalue weighted by atomic mass is 16.3. The lowest BCUT2D eigenvalue weighted by molar-refractivity contribution is -0.124. The van der Waals surface area contributed by atoms with Crippen LogP contribution in [0.1, 0.15) is 361 Å². The Kier molecular flexibility index (Phi) is 56.4. The second kappa shape index (κ2) is 56.9. The van der Waals surface area contributed by atoms with Gasteiger partial charge in [0.05, 0.1) is 18.8 Å². The molecule has 0 aromatic carbocycles. The highest BCUT2D eigenvalue weighted by Gasteiger charge is 2.26.